The molecule has 0 fully saturated rings. The average Bonchev–Trinajstić information content (AvgIpc) is 3.15. The molecule has 0 aliphatic carbocycles. The van der Waals surface area contributed by atoms with Gasteiger partial charge >= 0.3 is 0 Å². The van der Waals surface area contributed by atoms with Crippen LogP contribution < -0.4 is 14.8 Å². The predicted octanol–water partition coefficient (Wildman–Crippen LogP) is 4.81. The summed E-state index contributed by atoms with van der Waals surface area (Å²) in [6.07, 6.45) is -0.762. The van der Waals surface area contributed by atoms with Crippen molar-refractivity contribution in [3.05, 3.63) is 52.5 Å². The second-order valence-electron chi connectivity index (χ2n) is 6.50. The number of hydrogen-bond acceptors (Lipinski definition) is 6. The maximum atomic E-state index is 12.4. The van der Waals surface area contributed by atoms with Crippen molar-refractivity contribution in [3.63, 3.8) is 0 Å². The molecular weight excluding hydrogens is 394 g/mol. The number of rotatable bonds is 7. The highest BCUT2D eigenvalue weighted by atomic mass is 35.5. The Morgan fingerprint density at radius 2 is 1.83 bits per heavy atom. The fraction of sp³-hybridized carbons (Fsp3) is 0.286. The number of nitrogens with one attached hydrogen (secondary N) is 1. The van der Waals surface area contributed by atoms with E-state index < -0.39 is 12.0 Å². The zero-order valence-corrected chi connectivity index (χ0v) is 17.4. The molecule has 0 unspecified atom stereocenters. The summed E-state index contributed by atoms with van der Waals surface area (Å²) in [7, 11) is 0. The summed E-state index contributed by atoms with van der Waals surface area (Å²) in [5.41, 5.74) is 2.48. The van der Waals surface area contributed by atoms with E-state index in [1.54, 1.807) is 31.2 Å². The fourth-order valence-electron chi connectivity index (χ4n) is 2.70. The van der Waals surface area contributed by atoms with Crippen molar-refractivity contribution in [2.45, 2.75) is 33.8 Å². The second kappa shape index (κ2) is 8.96. The van der Waals surface area contributed by atoms with E-state index >= 15 is 0 Å². The van der Waals surface area contributed by atoms with Gasteiger partial charge in [-0.05, 0) is 80.4 Å². The Labute approximate surface area is 174 Å². The first-order chi connectivity index (χ1) is 13.9. The normalized spacial score (nSPS) is 11.8. The molecule has 1 atom stereocenters. The summed E-state index contributed by atoms with van der Waals surface area (Å²) in [4.78, 5) is 16.6. The Morgan fingerprint density at radius 1 is 1.17 bits per heavy atom. The molecule has 29 heavy (non-hydrogen) atoms. The van der Waals surface area contributed by atoms with E-state index in [1.165, 1.54) is 0 Å². The van der Waals surface area contributed by atoms with Gasteiger partial charge in [0, 0.05) is 10.6 Å². The van der Waals surface area contributed by atoms with Gasteiger partial charge in [0.1, 0.15) is 11.5 Å². The molecule has 0 saturated heterocycles. The van der Waals surface area contributed by atoms with Crippen LogP contribution in [0.15, 0.2) is 40.9 Å². The Hall–Kier alpha value is -3.06. The summed E-state index contributed by atoms with van der Waals surface area (Å²) in [6, 6.07) is 10.8. The number of aryl methyl sites for hydroxylation is 2. The minimum absolute atomic E-state index is 0.0674. The number of aromatic nitrogens is 2. The van der Waals surface area contributed by atoms with Crippen LogP contribution in [0.5, 0.6) is 11.5 Å². The van der Waals surface area contributed by atoms with Gasteiger partial charge in [-0.25, -0.2) is 0 Å². The predicted molar refractivity (Wildman–Crippen MR) is 111 cm³/mol. The molecule has 1 heterocycles. The number of hydrogen-bond donors (Lipinski definition) is 1. The number of benzene rings is 2. The first kappa shape index (κ1) is 20.7. The molecule has 2 aromatic carbocycles. The van der Waals surface area contributed by atoms with Crippen molar-refractivity contribution in [2.75, 3.05) is 11.9 Å². The summed E-state index contributed by atoms with van der Waals surface area (Å²) < 4.78 is 16.3. The van der Waals surface area contributed by atoms with Gasteiger partial charge in [0.25, 0.3) is 17.7 Å². The second-order valence-corrected chi connectivity index (χ2v) is 6.88. The number of carbonyl (C=O) groups excluding carboxylic acids is 1. The number of ether oxygens (including phenoxy) is 2. The van der Waals surface area contributed by atoms with Crippen molar-refractivity contribution < 1.29 is 18.8 Å². The Bertz CT molecular complexity index is 978. The average molecular weight is 416 g/mol. The van der Waals surface area contributed by atoms with E-state index in [2.05, 4.69) is 15.5 Å². The van der Waals surface area contributed by atoms with Crippen LogP contribution in [0.25, 0.3) is 11.5 Å². The van der Waals surface area contributed by atoms with Gasteiger partial charge < -0.3 is 14.0 Å². The SMILES string of the molecule is CCOc1ccc(-c2nc(NC(=O)[C@@H](C)Oc3cc(C)c(Cl)c(C)c3)no2)cc1. The maximum absolute atomic E-state index is 12.4. The Kier molecular flexibility index (Phi) is 6.39. The highest BCUT2D eigenvalue weighted by molar-refractivity contribution is 6.32. The van der Waals surface area contributed by atoms with Crippen LogP contribution in [0.2, 0.25) is 5.02 Å². The topological polar surface area (TPSA) is 86.5 Å². The molecular formula is C21H22ClN3O4. The molecule has 0 aliphatic heterocycles. The zero-order valence-electron chi connectivity index (χ0n) is 16.7. The molecule has 0 saturated carbocycles. The van der Waals surface area contributed by atoms with Crippen LogP contribution >= 0.6 is 11.6 Å². The third-order valence-corrected chi connectivity index (χ3v) is 4.76. The highest BCUT2D eigenvalue weighted by Crippen LogP contribution is 2.27. The molecule has 3 rings (SSSR count). The van der Waals surface area contributed by atoms with E-state index in [1.807, 2.05) is 32.9 Å². The molecule has 152 valence electrons. The first-order valence-corrected chi connectivity index (χ1v) is 9.56. The van der Waals surface area contributed by atoms with Gasteiger partial charge in [0.05, 0.1) is 6.61 Å². The van der Waals surface area contributed by atoms with E-state index in [9.17, 15) is 4.79 Å². The van der Waals surface area contributed by atoms with E-state index in [4.69, 9.17) is 25.6 Å². The summed E-state index contributed by atoms with van der Waals surface area (Å²) in [5, 5.41) is 7.08. The van der Waals surface area contributed by atoms with Gasteiger partial charge in [0.2, 0.25) is 0 Å². The van der Waals surface area contributed by atoms with Crippen LogP contribution in [0.4, 0.5) is 5.95 Å². The van der Waals surface area contributed by atoms with E-state index in [-0.39, 0.29) is 5.95 Å². The Balaban J connectivity index is 1.63. The molecule has 0 aliphatic rings. The smallest absolute Gasteiger partial charge is 0.270 e. The molecule has 0 bridgehead atoms. The number of amides is 1. The number of halogens is 1. The van der Waals surface area contributed by atoms with Gasteiger partial charge in [-0.3, -0.25) is 10.1 Å². The third-order valence-electron chi connectivity index (χ3n) is 4.17. The molecule has 1 aromatic heterocycles. The van der Waals surface area contributed by atoms with Gasteiger partial charge in [-0.2, -0.15) is 4.98 Å². The molecule has 3 aromatic rings. The maximum Gasteiger partial charge on any atom is 0.270 e. The van der Waals surface area contributed by atoms with Gasteiger partial charge in [-0.15, -0.1) is 0 Å². The number of carbonyl (C=O) groups is 1. The summed E-state index contributed by atoms with van der Waals surface area (Å²) in [6.45, 7) is 7.91. The van der Waals surface area contributed by atoms with Crippen molar-refractivity contribution in [2.24, 2.45) is 0 Å². The van der Waals surface area contributed by atoms with Crippen molar-refractivity contribution in [1.82, 2.24) is 10.1 Å². The summed E-state index contributed by atoms with van der Waals surface area (Å²) in [5.74, 6) is 1.28. The quantitative estimate of drug-likeness (QED) is 0.595. The van der Waals surface area contributed by atoms with Crippen LogP contribution in [0, 0.1) is 13.8 Å². The first-order valence-electron chi connectivity index (χ1n) is 9.18. The van der Waals surface area contributed by atoms with Gasteiger partial charge in [-0.1, -0.05) is 11.6 Å². The standard InChI is InChI=1S/C21H22ClN3O4/c1-5-27-16-8-6-15(7-9-16)20-24-21(25-29-20)23-19(26)14(4)28-17-10-12(2)18(22)13(3)11-17/h6-11,14H,5H2,1-4H3,(H,23,25,26)/t14-/m1/s1. The van der Waals surface area contributed by atoms with Crippen molar-refractivity contribution in [1.29, 1.82) is 0 Å². The highest BCUT2D eigenvalue weighted by Gasteiger charge is 2.19. The van der Waals surface area contributed by atoms with Crippen LogP contribution in [-0.4, -0.2) is 28.8 Å². The third kappa shape index (κ3) is 5.06. The molecule has 0 radical (unpaired) electrons. The molecule has 1 amide bonds. The van der Waals surface area contributed by atoms with Crippen molar-refractivity contribution in [3.8, 4) is 23.0 Å². The van der Waals surface area contributed by atoms with E-state index in [0.717, 1.165) is 22.4 Å². The largest absolute Gasteiger partial charge is 0.494 e. The summed E-state index contributed by atoms with van der Waals surface area (Å²) >= 11 is 6.16. The van der Waals surface area contributed by atoms with Crippen LogP contribution in [-0.2, 0) is 4.79 Å². The molecule has 7 nitrogen and oxygen atoms in total. The van der Waals surface area contributed by atoms with Crippen molar-refractivity contribution >= 4 is 23.5 Å². The Morgan fingerprint density at radius 3 is 2.45 bits per heavy atom. The minimum Gasteiger partial charge on any atom is -0.494 e. The van der Waals surface area contributed by atoms with Crippen LogP contribution in [0.1, 0.15) is 25.0 Å². The lowest BCUT2D eigenvalue weighted by Gasteiger charge is -2.15. The lowest BCUT2D eigenvalue weighted by atomic mass is 10.1. The van der Waals surface area contributed by atoms with Gasteiger partial charge in [0.15, 0.2) is 6.10 Å². The molecule has 0 spiro atoms. The van der Waals surface area contributed by atoms with E-state index in [0.29, 0.717) is 23.3 Å². The molecule has 1 N–H and O–H groups in total. The lowest BCUT2D eigenvalue weighted by molar-refractivity contribution is -0.122. The fourth-order valence-corrected chi connectivity index (χ4v) is 2.80. The zero-order chi connectivity index (χ0) is 21.0. The monoisotopic (exact) mass is 415 g/mol. The lowest BCUT2D eigenvalue weighted by Crippen LogP contribution is -2.30. The molecule has 8 heteroatoms. The minimum atomic E-state index is -0.762. The number of anilines is 1. The van der Waals surface area contributed by atoms with Crippen LogP contribution in [0.3, 0.4) is 0 Å². The number of nitrogens with zero attached hydrogens (tertiary/aromatic N) is 2.